The molecule has 0 amide bonds. The molecule has 0 fully saturated rings. The number of nitrogens with zero attached hydrogens (tertiary/aromatic N) is 2. The first kappa shape index (κ1) is 15.7. The van der Waals surface area contributed by atoms with E-state index >= 15 is 0 Å². The summed E-state index contributed by atoms with van der Waals surface area (Å²) in [5.41, 5.74) is 7.76. The lowest BCUT2D eigenvalue weighted by Gasteiger charge is -2.22. The zero-order valence-electron chi connectivity index (χ0n) is 14.9. The lowest BCUT2D eigenvalue weighted by Crippen LogP contribution is -2.32. The van der Waals surface area contributed by atoms with Gasteiger partial charge in [0.15, 0.2) is 5.52 Å². The van der Waals surface area contributed by atoms with E-state index in [-0.39, 0.29) is 5.41 Å². The molecule has 0 aliphatic carbocycles. The Labute approximate surface area is 138 Å². The van der Waals surface area contributed by atoms with Gasteiger partial charge in [-0.05, 0) is 59.1 Å². The molecule has 1 heterocycles. The molecule has 0 spiro atoms. The van der Waals surface area contributed by atoms with Gasteiger partial charge in [0, 0.05) is 5.56 Å². The Morgan fingerprint density at radius 1 is 1.00 bits per heavy atom. The summed E-state index contributed by atoms with van der Waals surface area (Å²) in [6, 6.07) is 13.0. The van der Waals surface area contributed by atoms with E-state index in [2.05, 4.69) is 81.5 Å². The van der Waals surface area contributed by atoms with Crippen LogP contribution in [0, 0.1) is 13.8 Å². The minimum Gasteiger partial charge on any atom is -0.232 e. The minimum atomic E-state index is 0.134. The van der Waals surface area contributed by atoms with Crippen molar-refractivity contribution in [3.63, 3.8) is 0 Å². The quantitative estimate of drug-likeness (QED) is 0.598. The Morgan fingerprint density at radius 3 is 2.39 bits per heavy atom. The van der Waals surface area contributed by atoms with Gasteiger partial charge in [-0.2, -0.15) is 0 Å². The molecule has 0 aliphatic rings. The van der Waals surface area contributed by atoms with Crippen LogP contribution in [0.2, 0.25) is 0 Å². The first-order valence-electron chi connectivity index (χ1n) is 8.14. The number of aromatic nitrogens is 2. The van der Waals surface area contributed by atoms with Crippen LogP contribution in [0.1, 0.15) is 37.5 Å². The summed E-state index contributed by atoms with van der Waals surface area (Å²) in [6.45, 7) is 11.2. The van der Waals surface area contributed by atoms with Crippen LogP contribution in [0.25, 0.3) is 22.2 Å². The number of benzene rings is 2. The van der Waals surface area contributed by atoms with E-state index in [1.807, 2.05) is 12.4 Å². The molecule has 118 valence electrons. The Hall–Kier alpha value is -2.22. The van der Waals surface area contributed by atoms with E-state index in [1.54, 1.807) is 0 Å². The first-order chi connectivity index (χ1) is 10.8. The van der Waals surface area contributed by atoms with Crippen molar-refractivity contribution in [2.24, 2.45) is 7.05 Å². The van der Waals surface area contributed by atoms with Gasteiger partial charge in [0.25, 0.3) is 6.33 Å². The fraction of sp³-hybridized carbons (Fsp3) is 0.333. The summed E-state index contributed by atoms with van der Waals surface area (Å²) < 4.78 is 2.14. The lowest BCUT2D eigenvalue weighted by molar-refractivity contribution is -0.662. The second-order valence-electron chi connectivity index (χ2n) is 7.44. The van der Waals surface area contributed by atoms with Crippen LogP contribution in [-0.4, -0.2) is 4.98 Å². The van der Waals surface area contributed by atoms with Crippen molar-refractivity contribution in [2.45, 2.75) is 40.0 Å². The monoisotopic (exact) mass is 305 g/mol. The average Bonchev–Trinajstić information content (AvgIpc) is 2.49. The summed E-state index contributed by atoms with van der Waals surface area (Å²) in [5.74, 6) is 0. The standard InChI is InChI=1S/C21H25N2/c1-14-11-16(21(3,4)5)12-18(15(14)2)20-17-9-7-8-10-19(17)22-13-23(20)6/h7-13H,1-6H3/q+1. The van der Waals surface area contributed by atoms with Crippen molar-refractivity contribution in [1.29, 1.82) is 0 Å². The van der Waals surface area contributed by atoms with Crippen LogP contribution in [0.15, 0.2) is 42.7 Å². The Bertz CT molecular complexity index is 886. The van der Waals surface area contributed by atoms with E-state index in [4.69, 9.17) is 0 Å². The van der Waals surface area contributed by atoms with Gasteiger partial charge in [0.2, 0.25) is 0 Å². The highest BCUT2D eigenvalue weighted by atomic mass is 15.0. The van der Waals surface area contributed by atoms with Crippen molar-refractivity contribution in [1.82, 2.24) is 4.98 Å². The fourth-order valence-corrected chi connectivity index (χ4v) is 3.06. The van der Waals surface area contributed by atoms with Gasteiger partial charge in [-0.25, -0.2) is 4.57 Å². The maximum Gasteiger partial charge on any atom is 0.287 e. The number of hydrogen-bond donors (Lipinski definition) is 0. The van der Waals surface area contributed by atoms with Gasteiger partial charge in [-0.3, -0.25) is 0 Å². The van der Waals surface area contributed by atoms with Gasteiger partial charge < -0.3 is 0 Å². The topological polar surface area (TPSA) is 16.8 Å². The predicted octanol–water partition coefficient (Wildman–Crippen LogP) is 4.64. The molecule has 3 aromatic rings. The minimum absolute atomic E-state index is 0.134. The third-order valence-corrected chi connectivity index (χ3v) is 4.67. The Kier molecular flexibility index (Phi) is 3.71. The number of aryl methyl sites for hydroxylation is 2. The molecule has 0 aliphatic heterocycles. The molecule has 2 nitrogen and oxygen atoms in total. The van der Waals surface area contributed by atoms with Crippen LogP contribution in [0.5, 0.6) is 0 Å². The second-order valence-corrected chi connectivity index (χ2v) is 7.44. The zero-order chi connectivity index (χ0) is 16.8. The average molecular weight is 305 g/mol. The molecular weight excluding hydrogens is 280 g/mol. The van der Waals surface area contributed by atoms with Gasteiger partial charge in [0.05, 0.1) is 12.4 Å². The van der Waals surface area contributed by atoms with Crippen molar-refractivity contribution in [2.75, 3.05) is 0 Å². The van der Waals surface area contributed by atoms with Crippen LogP contribution < -0.4 is 4.57 Å². The second kappa shape index (κ2) is 5.45. The molecular formula is C21H25N2+. The van der Waals surface area contributed by atoms with Crippen molar-refractivity contribution in [3.8, 4) is 11.3 Å². The molecule has 0 bridgehead atoms. The van der Waals surface area contributed by atoms with Gasteiger partial charge in [-0.1, -0.05) is 39.0 Å². The van der Waals surface area contributed by atoms with Crippen LogP contribution in [0.3, 0.4) is 0 Å². The van der Waals surface area contributed by atoms with Crippen molar-refractivity contribution in [3.05, 3.63) is 59.4 Å². The zero-order valence-corrected chi connectivity index (χ0v) is 14.9. The molecule has 2 aromatic carbocycles. The Balaban J connectivity index is 2.40. The summed E-state index contributed by atoms with van der Waals surface area (Å²) in [7, 11) is 2.08. The third-order valence-electron chi connectivity index (χ3n) is 4.67. The molecule has 0 radical (unpaired) electrons. The molecule has 2 heteroatoms. The van der Waals surface area contributed by atoms with Crippen LogP contribution in [0.4, 0.5) is 0 Å². The molecule has 0 atom stereocenters. The maximum atomic E-state index is 4.55. The van der Waals surface area contributed by atoms with E-state index in [9.17, 15) is 0 Å². The van der Waals surface area contributed by atoms with Crippen molar-refractivity contribution >= 4 is 10.9 Å². The third kappa shape index (κ3) is 2.74. The number of rotatable bonds is 1. The van der Waals surface area contributed by atoms with E-state index in [1.165, 1.54) is 33.3 Å². The Morgan fingerprint density at radius 2 is 1.70 bits per heavy atom. The number of hydrogen-bond acceptors (Lipinski definition) is 1. The smallest absolute Gasteiger partial charge is 0.232 e. The number of fused-ring (bicyclic) bond motifs is 1. The first-order valence-corrected chi connectivity index (χ1v) is 8.14. The van der Waals surface area contributed by atoms with Crippen LogP contribution >= 0.6 is 0 Å². The van der Waals surface area contributed by atoms with Gasteiger partial charge >= 0.3 is 0 Å². The van der Waals surface area contributed by atoms with Gasteiger partial charge in [0.1, 0.15) is 5.69 Å². The summed E-state index contributed by atoms with van der Waals surface area (Å²) in [6.07, 6.45) is 1.91. The highest BCUT2D eigenvalue weighted by molar-refractivity contribution is 5.91. The number of para-hydroxylation sites is 1. The fourth-order valence-electron chi connectivity index (χ4n) is 3.06. The lowest BCUT2D eigenvalue weighted by atomic mass is 9.83. The summed E-state index contributed by atoms with van der Waals surface area (Å²) >= 11 is 0. The molecule has 0 saturated carbocycles. The molecule has 0 N–H and O–H groups in total. The van der Waals surface area contributed by atoms with E-state index < -0.39 is 0 Å². The predicted molar refractivity (Wildman–Crippen MR) is 96.5 cm³/mol. The van der Waals surface area contributed by atoms with Gasteiger partial charge in [-0.15, -0.1) is 0 Å². The molecule has 0 unspecified atom stereocenters. The molecule has 23 heavy (non-hydrogen) atoms. The molecule has 0 saturated heterocycles. The SMILES string of the molecule is Cc1cc(C(C)(C)C)cc(-c2c3ccccc3nc[n+]2C)c1C. The van der Waals surface area contributed by atoms with Crippen LogP contribution in [-0.2, 0) is 12.5 Å². The van der Waals surface area contributed by atoms with E-state index in [0.29, 0.717) is 0 Å². The van der Waals surface area contributed by atoms with E-state index in [0.717, 1.165) is 5.52 Å². The molecule has 3 rings (SSSR count). The molecule has 1 aromatic heterocycles. The van der Waals surface area contributed by atoms with Crippen molar-refractivity contribution < 1.29 is 4.57 Å². The summed E-state index contributed by atoms with van der Waals surface area (Å²) in [4.78, 5) is 4.55. The maximum absolute atomic E-state index is 4.55. The summed E-state index contributed by atoms with van der Waals surface area (Å²) in [5, 5.41) is 1.20. The highest BCUT2D eigenvalue weighted by Crippen LogP contribution is 2.33. The largest absolute Gasteiger partial charge is 0.287 e. The highest BCUT2D eigenvalue weighted by Gasteiger charge is 2.21. The normalized spacial score (nSPS) is 11.9.